The van der Waals surface area contributed by atoms with Crippen LogP contribution < -0.4 is 10.9 Å². The van der Waals surface area contributed by atoms with Crippen LogP contribution in [0.25, 0.3) is 0 Å². The summed E-state index contributed by atoms with van der Waals surface area (Å²) in [6, 6.07) is 9.94. The molecule has 0 bridgehead atoms. The molecule has 1 amide bonds. The molecule has 4 nitrogen and oxygen atoms in total. The topological polar surface area (TPSA) is 51.1 Å². The van der Waals surface area contributed by atoms with E-state index < -0.39 is 0 Å². The summed E-state index contributed by atoms with van der Waals surface area (Å²) in [5.74, 6) is -0.262. The Hall–Kier alpha value is -2.36. The summed E-state index contributed by atoms with van der Waals surface area (Å²) in [7, 11) is 0. The molecule has 1 aliphatic rings. The number of pyridine rings is 1. The molecule has 150 valence electrons. The molecule has 28 heavy (non-hydrogen) atoms. The van der Waals surface area contributed by atoms with Gasteiger partial charge in [-0.25, -0.2) is 0 Å². The Morgan fingerprint density at radius 2 is 1.89 bits per heavy atom. The molecule has 1 aliphatic carbocycles. The van der Waals surface area contributed by atoms with Gasteiger partial charge in [0.15, 0.2) is 0 Å². The van der Waals surface area contributed by atoms with E-state index in [4.69, 9.17) is 0 Å². The fraction of sp³-hybridized carbons (Fsp3) is 0.500. The van der Waals surface area contributed by atoms with Crippen molar-refractivity contribution in [3.8, 4) is 0 Å². The Kier molecular flexibility index (Phi) is 7.07. The summed E-state index contributed by atoms with van der Waals surface area (Å²) >= 11 is 0. The summed E-state index contributed by atoms with van der Waals surface area (Å²) in [6.45, 7) is 5.31. The lowest BCUT2D eigenvalue weighted by atomic mass is 9.95. The first-order valence-electron chi connectivity index (χ1n) is 10.7. The second kappa shape index (κ2) is 9.72. The lowest BCUT2D eigenvalue weighted by molar-refractivity contribution is 0.0948. The summed E-state index contributed by atoms with van der Waals surface area (Å²) in [6.07, 6.45) is 8.59. The first-order chi connectivity index (χ1) is 13.6. The number of unbranched alkanes of at least 4 members (excludes halogenated alkanes) is 1. The quantitative estimate of drug-likeness (QED) is 0.799. The van der Waals surface area contributed by atoms with Gasteiger partial charge in [-0.2, -0.15) is 0 Å². The molecule has 4 heteroatoms. The zero-order valence-electron chi connectivity index (χ0n) is 17.2. The number of carbonyl (C=O) groups is 1. The third-order valence-corrected chi connectivity index (χ3v) is 5.62. The zero-order valence-corrected chi connectivity index (χ0v) is 17.2. The lowest BCUT2D eigenvalue weighted by Gasteiger charge is -2.21. The molecule has 3 rings (SSSR count). The van der Waals surface area contributed by atoms with E-state index in [1.54, 1.807) is 0 Å². The number of benzene rings is 1. The van der Waals surface area contributed by atoms with E-state index in [9.17, 15) is 9.59 Å². The number of rotatable bonds is 6. The highest BCUT2D eigenvalue weighted by atomic mass is 16.2. The average molecular weight is 381 g/mol. The van der Waals surface area contributed by atoms with Crippen LogP contribution in [0.15, 0.2) is 35.1 Å². The van der Waals surface area contributed by atoms with E-state index in [-0.39, 0.29) is 11.5 Å². The number of hydrogen-bond acceptors (Lipinski definition) is 2. The van der Waals surface area contributed by atoms with E-state index in [0.717, 1.165) is 55.3 Å². The van der Waals surface area contributed by atoms with Crippen molar-refractivity contribution in [1.82, 2.24) is 9.88 Å². The summed E-state index contributed by atoms with van der Waals surface area (Å²) < 4.78 is 1.89. The molecule has 1 aromatic heterocycles. The number of hydrogen-bond donors (Lipinski definition) is 1. The maximum absolute atomic E-state index is 13.2. The van der Waals surface area contributed by atoms with Crippen LogP contribution in [-0.2, 0) is 25.9 Å². The fourth-order valence-corrected chi connectivity index (χ4v) is 4.05. The van der Waals surface area contributed by atoms with Gasteiger partial charge in [0.1, 0.15) is 5.56 Å². The SMILES string of the molecule is CCCCn1c2c(cc(C(=O)NCc3cccc(C)c3)c1=O)CCCCCC2. The highest BCUT2D eigenvalue weighted by Gasteiger charge is 2.19. The van der Waals surface area contributed by atoms with Gasteiger partial charge in [-0.1, -0.05) is 56.0 Å². The summed E-state index contributed by atoms with van der Waals surface area (Å²) in [5, 5.41) is 2.95. The number of aromatic nitrogens is 1. The second-order valence-electron chi connectivity index (χ2n) is 7.93. The Labute approximate surface area is 168 Å². The lowest BCUT2D eigenvalue weighted by Crippen LogP contribution is -2.35. The maximum Gasteiger partial charge on any atom is 0.263 e. The van der Waals surface area contributed by atoms with Crippen LogP contribution >= 0.6 is 0 Å². The van der Waals surface area contributed by atoms with Gasteiger partial charge in [-0.3, -0.25) is 9.59 Å². The van der Waals surface area contributed by atoms with Crippen LogP contribution in [0, 0.1) is 6.92 Å². The molecule has 0 radical (unpaired) electrons. The van der Waals surface area contributed by atoms with Crippen LogP contribution in [0.5, 0.6) is 0 Å². The van der Waals surface area contributed by atoms with Crippen LogP contribution in [-0.4, -0.2) is 10.5 Å². The van der Waals surface area contributed by atoms with Crippen LogP contribution in [0.3, 0.4) is 0 Å². The van der Waals surface area contributed by atoms with Gasteiger partial charge in [0, 0.05) is 18.8 Å². The number of carbonyl (C=O) groups excluding carboxylic acids is 1. The van der Waals surface area contributed by atoms with Crippen molar-refractivity contribution in [3.05, 3.63) is 68.6 Å². The van der Waals surface area contributed by atoms with Gasteiger partial charge in [0.2, 0.25) is 0 Å². The van der Waals surface area contributed by atoms with Crippen LogP contribution in [0.1, 0.15) is 78.2 Å². The fourth-order valence-electron chi connectivity index (χ4n) is 4.05. The van der Waals surface area contributed by atoms with Crippen molar-refractivity contribution in [1.29, 1.82) is 0 Å². The van der Waals surface area contributed by atoms with E-state index in [1.165, 1.54) is 18.4 Å². The van der Waals surface area contributed by atoms with Crippen molar-refractivity contribution < 1.29 is 4.79 Å². The predicted octanol–water partition coefficient (Wildman–Crippen LogP) is 4.55. The van der Waals surface area contributed by atoms with Gasteiger partial charge < -0.3 is 9.88 Å². The monoisotopic (exact) mass is 380 g/mol. The molecule has 0 fully saturated rings. The Balaban J connectivity index is 1.89. The van der Waals surface area contributed by atoms with Crippen molar-refractivity contribution in [2.75, 3.05) is 0 Å². The molecular formula is C24H32N2O2. The summed E-state index contributed by atoms with van der Waals surface area (Å²) in [4.78, 5) is 26.0. The maximum atomic E-state index is 13.2. The molecule has 1 aromatic carbocycles. The Morgan fingerprint density at radius 3 is 2.64 bits per heavy atom. The van der Waals surface area contributed by atoms with E-state index >= 15 is 0 Å². The molecule has 1 N–H and O–H groups in total. The van der Waals surface area contributed by atoms with Gasteiger partial charge in [0.25, 0.3) is 11.5 Å². The largest absolute Gasteiger partial charge is 0.348 e. The number of fused-ring (bicyclic) bond motifs is 1. The highest BCUT2D eigenvalue weighted by Crippen LogP contribution is 2.20. The molecule has 0 saturated carbocycles. The Morgan fingerprint density at radius 1 is 1.11 bits per heavy atom. The molecular weight excluding hydrogens is 348 g/mol. The minimum absolute atomic E-state index is 0.130. The molecule has 0 unspecified atom stereocenters. The van der Waals surface area contributed by atoms with E-state index in [1.807, 2.05) is 35.8 Å². The smallest absolute Gasteiger partial charge is 0.263 e. The molecule has 2 aromatic rings. The standard InChI is InChI=1S/C24H32N2O2/c1-3-4-14-26-22-13-8-6-5-7-12-20(22)16-21(24(26)28)23(27)25-17-19-11-9-10-18(2)15-19/h9-11,15-16H,3-8,12-14,17H2,1-2H3,(H,25,27). The Bertz CT molecular complexity index is 883. The average Bonchev–Trinajstić information content (AvgIpc) is 2.66. The molecule has 0 aliphatic heterocycles. The third kappa shape index (κ3) is 4.92. The number of aryl methyl sites for hydroxylation is 2. The van der Waals surface area contributed by atoms with Gasteiger partial charge in [-0.05, 0) is 56.2 Å². The minimum atomic E-state index is -0.262. The number of nitrogens with one attached hydrogen (secondary N) is 1. The zero-order chi connectivity index (χ0) is 19.9. The van der Waals surface area contributed by atoms with Gasteiger partial charge in [0.05, 0.1) is 0 Å². The van der Waals surface area contributed by atoms with Gasteiger partial charge >= 0.3 is 0 Å². The molecule has 1 heterocycles. The normalized spacial score (nSPS) is 14.1. The number of amides is 1. The highest BCUT2D eigenvalue weighted by molar-refractivity contribution is 5.94. The summed E-state index contributed by atoms with van der Waals surface area (Å²) in [5.41, 5.74) is 4.72. The van der Waals surface area contributed by atoms with E-state index in [2.05, 4.69) is 18.3 Å². The molecule has 0 atom stereocenters. The van der Waals surface area contributed by atoms with Gasteiger partial charge in [-0.15, -0.1) is 0 Å². The minimum Gasteiger partial charge on any atom is -0.348 e. The van der Waals surface area contributed by atoms with Crippen molar-refractivity contribution in [3.63, 3.8) is 0 Å². The first-order valence-corrected chi connectivity index (χ1v) is 10.7. The first kappa shape index (κ1) is 20.4. The van der Waals surface area contributed by atoms with Crippen LogP contribution in [0.2, 0.25) is 0 Å². The second-order valence-corrected chi connectivity index (χ2v) is 7.93. The number of nitrogens with zero attached hydrogens (tertiary/aromatic N) is 1. The van der Waals surface area contributed by atoms with Crippen molar-refractivity contribution >= 4 is 5.91 Å². The van der Waals surface area contributed by atoms with Crippen molar-refractivity contribution in [2.24, 2.45) is 0 Å². The third-order valence-electron chi connectivity index (χ3n) is 5.62. The van der Waals surface area contributed by atoms with Crippen molar-refractivity contribution in [2.45, 2.75) is 78.3 Å². The van der Waals surface area contributed by atoms with Crippen LogP contribution in [0.4, 0.5) is 0 Å². The molecule has 0 saturated heterocycles. The predicted molar refractivity (Wildman–Crippen MR) is 114 cm³/mol. The molecule has 0 spiro atoms. The van der Waals surface area contributed by atoms with E-state index in [0.29, 0.717) is 18.7 Å².